The number of nitrogens with two attached hydrogens (primary N) is 1. The maximum absolute atomic E-state index is 13.2. The molecule has 0 saturated heterocycles. The number of carbonyl (C=O) groups is 1. The van der Waals surface area contributed by atoms with Gasteiger partial charge >= 0.3 is 0 Å². The summed E-state index contributed by atoms with van der Waals surface area (Å²) in [5.74, 6) is 6.75. The first-order valence-electron chi connectivity index (χ1n) is 10.4. The van der Waals surface area contributed by atoms with Crippen LogP contribution in [0, 0.1) is 11.8 Å². The Morgan fingerprint density at radius 3 is 2.75 bits per heavy atom. The van der Waals surface area contributed by atoms with Crippen molar-refractivity contribution in [2.75, 3.05) is 30.9 Å². The summed E-state index contributed by atoms with van der Waals surface area (Å²) in [5.41, 5.74) is 7.54. The third kappa shape index (κ3) is 5.34. The maximum atomic E-state index is 13.2. The lowest BCUT2D eigenvalue weighted by molar-refractivity contribution is 0.0942. The highest BCUT2D eigenvalue weighted by Crippen LogP contribution is 2.24. The summed E-state index contributed by atoms with van der Waals surface area (Å²) in [6, 6.07) is 7.64. The Labute approximate surface area is 188 Å². The molecule has 3 aromatic rings. The van der Waals surface area contributed by atoms with Gasteiger partial charge in [0.2, 0.25) is 5.95 Å². The number of pyridine rings is 2. The Kier molecular flexibility index (Phi) is 6.95. The van der Waals surface area contributed by atoms with E-state index in [2.05, 4.69) is 37.4 Å². The summed E-state index contributed by atoms with van der Waals surface area (Å²) >= 11 is 0. The third-order valence-corrected chi connectivity index (χ3v) is 4.75. The van der Waals surface area contributed by atoms with Crippen molar-refractivity contribution in [1.29, 1.82) is 0 Å². The lowest BCUT2D eigenvalue weighted by atomic mass is 10.1. The Morgan fingerprint density at radius 2 is 2.06 bits per heavy atom. The number of nitrogens with zero attached hydrogens (tertiary/aromatic N) is 5. The molecule has 0 bridgehead atoms. The van der Waals surface area contributed by atoms with Crippen molar-refractivity contribution in [3.05, 3.63) is 41.9 Å². The van der Waals surface area contributed by atoms with Crippen LogP contribution in [0.4, 0.5) is 11.8 Å². The molecule has 0 spiro atoms. The molecule has 4 N–H and O–H groups in total. The van der Waals surface area contributed by atoms with Crippen LogP contribution in [0.3, 0.4) is 0 Å². The number of hydrogen-bond donors (Lipinski definition) is 3. The molecule has 0 aliphatic carbocycles. The molecule has 9 heteroatoms. The van der Waals surface area contributed by atoms with E-state index in [1.165, 1.54) is 0 Å². The Balaban J connectivity index is 1.89. The third-order valence-electron chi connectivity index (χ3n) is 4.75. The van der Waals surface area contributed by atoms with Crippen molar-refractivity contribution < 1.29 is 4.79 Å². The molecular formula is C23H30N8O. The van der Waals surface area contributed by atoms with Crippen LogP contribution < -0.4 is 21.3 Å². The average molecular weight is 435 g/mol. The number of aromatic nitrogens is 4. The molecule has 0 radical (unpaired) electrons. The molecule has 3 rings (SSSR count). The predicted octanol–water partition coefficient (Wildman–Crippen LogP) is 1.99. The minimum Gasteiger partial charge on any atom is -0.371 e. The number of anilines is 2. The molecule has 0 aliphatic rings. The van der Waals surface area contributed by atoms with Crippen molar-refractivity contribution in [2.24, 2.45) is 5.73 Å². The van der Waals surface area contributed by atoms with Crippen LogP contribution in [0.1, 0.15) is 37.0 Å². The van der Waals surface area contributed by atoms with Gasteiger partial charge in [0.1, 0.15) is 0 Å². The first-order chi connectivity index (χ1) is 15.2. The average Bonchev–Trinajstić information content (AvgIpc) is 3.13. The summed E-state index contributed by atoms with van der Waals surface area (Å²) in [4.78, 5) is 28.6. The van der Waals surface area contributed by atoms with Crippen LogP contribution in [-0.2, 0) is 13.1 Å². The summed E-state index contributed by atoms with van der Waals surface area (Å²) in [5, 5.41) is 6.93. The number of imidazole rings is 1. The molecule has 3 heterocycles. The minimum atomic E-state index is -0.431. The largest absolute Gasteiger partial charge is 0.371 e. The fourth-order valence-corrected chi connectivity index (χ4v) is 3.47. The van der Waals surface area contributed by atoms with Gasteiger partial charge in [-0.15, -0.1) is 5.92 Å². The molecule has 0 aromatic carbocycles. The number of hydrogen-bond acceptors (Lipinski definition) is 7. The summed E-state index contributed by atoms with van der Waals surface area (Å²) in [6.07, 6.45) is 1.70. The van der Waals surface area contributed by atoms with Crippen LogP contribution in [0.5, 0.6) is 0 Å². The van der Waals surface area contributed by atoms with Gasteiger partial charge in [-0.1, -0.05) is 5.92 Å². The van der Waals surface area contributed by atoms with E-state index in [0.717, 1.165) is 11.1 Å². The van der Waals surface area contributed by atoms with E-state index in [-0.39, 0.29) is 12.5 Å². The number of likely N-dealkylation sites (N-methyl/N-ethyl adjacent to an activating group) is 1. The maximum Gasteiger partial charge on any atom is 0.272 e. The van der Waals surface area contributed by atoms with Crippen molar-refractivity contribution in [1.82, 2.24) is 24.8 Å². The van der Waals surface area contributed by atoms with Crippen molar-refractivity contribution >= 4 is 28.7 Å². The lowest BCUT2D eigenvalue weighted by Crippen LogP contribution is -2.44. The van der Waals surface area contributed by atoms with E-state index in [9.17, 15) is 4.79 Å². The molecule has 32 heavy (non-hydrogen) atoms. The number of nitrogens with one attached hydrogen (secondary N) is 2. The summed E-state index contributed by atoms with van der Waals surface area (Å²) in [6.45, 7) is 6.81. The number of fused-ring (bicyclic) bond motifs is 1. The Morgan fingerprint density at radius 1 is 1.28 bits per heavy atom. The molecule has 0 fully saturated rings. The quantitative estimate of drug-likeness (QED) is 0.465. The smallest absolute Gasteiger partial charge is 0.272 e. The molecule has 0 unspecified atom stereocenters. The predicted molar refractivity (Wildman–Crippen MR) is 127 cm³/mol. The zero-order chi connectivity index (χ0) is 23.3. The first kappa shape index (κ1) is 23.0. The molecule has 9 nitrogen and oxygen atoms in total. The topological polar surface area (TPSA) is 114 Å². The Hall–Kier alpha value is -3.64. The molecule has 3 aromatic heterocycles. The molecular weight excluding hydrogens is 404 g/mol. The van der Waals surface area contributed by atoms with E-state index in [1.807, 2.05) is 50.1 Å². The number of amides is 1. The van der Waals surface area contributed by atoms with Crippen LogP contribution in [0.15, 0.2) is 30.5 Å². The van der Waals surface area contributed by atoms with Crippen molar-refractivity contribution in [2.45, 2.75) is 39.4 Å². The van der Waals surface area contributed by atoms with Gasteiger partial charge in [-0.3, -0.25) is 9.36 Å². The highest BCUT2D eigenvalue weighted by Gasteiger charge is 2.26. The molecule has 1 amide bonds. The highest BCUT2D eigenvalue weighted by atomic mass is 16.2. The monoisotopic (exact) mass is 434 g/mol. The summed E-state index contributed by atoms with van der Waals surface area (Å²) in [7, 11) is 3.64. The normalized spacial score (nSPS) is 11.1. The second-order valence-electron chi connectivity index (χ2n) is 8.25. The van der Waals surface area contributed by atoms with E-state index in [4.69, 9.17) is 5.73 Å². The fourth-order valence-electron chi connectivity index (χ4n) is 3.47. The van der Waals surface area contributed by atoms with Crippen LogP contribution >= 0.6 is 0 Å². The van der Waals surface area contributed by atoms with E-state index < -0.39 is 5.54 Å². The fraction of sp³-hybridized carbons (Fsp3) is 0.391. The molecule has 0 atom stereocenters. The van der Waals surface area contributed by atoms with Gasteiger partial charge < -0.3 is 21.3 Å². The number of carbonyl (C=O) groups excluding carboxylic acids is 1. The minimum absolute atomic E-state index is 0.264. The highest BCUT2D eigenvalue weighted by molar-refractivity contribution is 5.98. The van der Waals surface area contributed by atoms with Gasteiger partial charge in [0, 0.05) is 37.8 Å². The van der Waals surface area contributed by atoms with E-state index in [1.54, 1.807) is 24.7 Å². The van der Waals surface area contributed by atoms with Gasteiger partial charge in [-0.2, -0.15) is 4.98 Å². The van der Waals surface area contributed by atoms with Gasteiger partial charge in [0.05, 0.1) is 18.8 Å². The van der Waals surface area contributed by atoms with Crippen molar-refractivity contribution in [3.63, 3.8) is 0 Å². The first-order valence-corrected chi connectivity index (χ1v) is 10.4. The summed E-state index contributed by atoms with van der Waals surface area (Å²) < 4.78 is 1.80. The molecule has 168 valence electrons. The Bertz CT molecular complexity index is 1170. The second-order valence-corrected chi connectivity index (χ2v) is 8.25. The van der Waals surface area contributed by atoms with Gasteiger partial charge in [0.25, 0.3) is 5.91 Å². The molecule has 0 saturated carbocycles. The van der Waals surface area contributed by atoms with E-state index >= 15 is 0 Å². The standard InChI is InChI=1S/C23H30N8O/c1-6-7-13-31-18(20(25-4)29-22(31)30(5)15-23(2,3)24)21(32)27-14-17-11-10-16-9-8-12-26-19(16)28-17/h8-12,25H,13-15,24H2,1-5H3,(H,27,32). The van der Waals surface area contributed by atoms with Gasteiger partial charge in [0.15, 0.2) is 17.2 Å². The zero-order valence-electron chi connectivity index (χ0n) is 19.2. The SMILES string of the molecule is CC#CCn1c(N(C)CC(C)(C)N)nc(NC)c1C(=O)NCc1ccc2cccnc2n1. The van der Waals surface area contributed by atoms with Crippen LogP contribution in [-0.4, -0.2) is 51.6 Å². The van der Waals surface area contributed by atoms with Crippen molar-refractivity contribution in [3.8, 4) is 11.8 Å². The van der Waals surface area contributed by atoms with Crippen LogP contribution in [0.25, 0.3) is 11.0 Å². The van der Waals surface area contributed by atoms with E-state index in [0.29, 0.717) is 36.2 Å². The lowest BCUT2D eigenvalue weighted by Gasteiger charge is -2.27. The molecule has 0 aliphatic heterocycles. The second kappa shape index (κ2) is 9.66. The number of rotatable bonds is 8. The van der Waals surface area contributed by atoms with Gasteiger partial charge in [-0.05, 0) is 45.0 Å². The van der Waals surface area contributed by atoms with Gasteiger partial charge in [-0.25, -0.2) is 9.97 Å². The zero-order valence-corrected chi connectivity index (χ0v) is 19.2. The van der Waals surface area contributed by atoms with Crippen LogP contribution in [0.2, 0.25) is 0 Å².